The van der Waals surface area contributed by atoms with Gasteiger partial charge in [0.1, 0.15) is 6.61 Å². The molecule has 0 saturated carbocycles. The Morgan fingerprint density at radius 1 is 1.50 bits per heavy atom. The third-order valence-corrected chi connectivity index (χ3v) is 1.06. The summed E-state index contributed by atoms with van der Waals surface area (Å²) >= 11 is 0. The molecule has 2 N–H and O–H groups in total. The average molecular weight is 175 g/mol. The molecule has 0 bridgehead atoms. The van der Waals surface area contributed by atoms with Crippen LogP contribution < -0.4 is 5.73 Å². The Bertz CT molecular complexity index is 125. The summed E-state index contributed by atoms with van der Waals surface area (Å²) in [6.45, 7) is 5.24. The number of esters is 1. The Morgan fingerprint density at radius 2 is 2.17 bits per heavy atom. The summed E-state index contributed by atoms with van der Waals surface area (Å²) in [4.78, 5) is 10.8. The van der Waals surface area contributed by atoms with Gasteiger partial charge in [0, 0.05) is 6.54 Å². The fourth-order valence-corrected chi connectivity index (χ4v) is 0.540. The van der Waals surface area contributed by atoms with Crippen LogP contribution in [0.2, 0.25) is 0 Å². The van der Waals surface area contributed by atoms with Crippen LogP contribution >= 0.6 is 0 Å². The van der Waals surface area contributed by atoms with Crippen LogP contribution in [0.4, 0.5) is 0 Å². The smallest absolute Gasteiger partial charge is 0.332 e. The standard InChI is InChI=1S/C8H17NO3/c1-7(2)5-12-8(10)6-11-4-3-9/h7H,3-6,9H2,1-2H3. The van der Waals surface area contributed by atoms with Crippen molar-refractivity contribution in [2.24, 2.45) is 11.7 Å². The molecule has 0 radical (unpaired) electrons. The van der Waals surface area contributed by atoms with Crippen LogP contribution in [0.15, 0.2) is 0 Å². The van der Waals surface area contributed by atoms with Crippen molar-refractivity contribution in [3.8, 4) is 0 Å². The molecule has 0 aromatic heterocycles. The van der Waals surface area contributed by atoms with E-state index < -0.39 is 0 Å². The van der Waals surface area contributed by atoms with Gasteiger partial charge in [-0.25, -0.2) is 4.79 Å². The molecule has 0 atom stereocenters. The SMILES string of the molecule is CC(C)COC(=O)COCCN. The second kappa shape index (κ2) is 7.06. The molecule has 0 rings (SSSR count). The molecule has 12 heavy (non-hydrogen) atoms. The van der Waals surface area contributed by atoms with E-state index in [0.717, 1.165) is 0 Å². The van der Waals surface area contributed by atoms with E-state index in [4.69, 9.17) is 15.2 Å². The topological polar surface area (TPSA) is 61.5 Å². The molecule has 4 nitrogen and oxygen atoms in total. The predicted octanol–water partition coefficient (Wildman–Crippen LogP) is 0.161. The van der Waals surface area contributed by atoms with Crippen molar-refractivity contribution in [2.75, 3.05) is 26.4 Å². The van der Waals surface area contributed by atoms with Gasteiger partial charge < -0.3 is 15.2 Å². The summed E-state index contributed by atoms with van der Waals surface area (Å²) in [6.07, 6.45) is 0. The summed E-state index contributed by atoms with van der Waals surface area (Å²) in [6, 6.07) is 0. The molecule has 0 unspecified atom stereocenters. The third-order valence-electron chi connectivity index (χ3n) is 1.06. The summed E-state index contributed by atoms with van der Waals surface area (Å²) in [5, 5.41) is 0. The van der Waals surface area contributed by atoms with E-state index in [0.29, 0.717) is 25.7 Å². The summed E-state index contributed by atoms with van der Waals surface area (Å²) < 4.78 is 9.72. The zero-order chi connectivity index (χ0) is 9.40. The molecule has 0 aromatic rings. The molecule has 0 aromatic carbocycles. The summed E-state index contributed by atoms with van der Waals surface area (Å²) in [7, 11) is 0. The highest BCUT2D eigenvalue weighted by Crippen LogP contribution is 1.92. The number of ether oxygens (including phenoxy) is 2. The maximum atomic E-state index is 10.8. The van der Waals surface area contributed by atoms with Gasteiger partial charge in [0.25, 0.3) is 0 Å². The van der Waals surface area contributed by atoms with E-state index >= 15 is 0 Å². The highest BCUT2D eigenvalue weighted by Gasteiger charge is 2.03. The molecule has 0 aliphatic rings. The Labute approximate surface area is 73.0 Å². The first kappa shape index (κ1) is 11.4. The maximum absolute atomic E-state index is 10.8. The Hall–Kier alpha value is -0.610. The van der Waals surface area contributed by atoms with E-state index in [-0.39, 0.29) is 12.6 Å². The van der Waals surface area contributed by atoms with Gasteiger partial charge in [-0.2, -0.15) is 0 Å². The maximum Gasteiger partial charge on any atom is 0.332 e. The first-order valence-electron chi connectivity index (χ1n) is 4.10. The third kappa shape index (κ3) is 7.50. The zero-order valence-electron chi connectivity index (χ0n) is 7.71. The molecule has 0 spiro atoms. The van der Waals surface area contributed by atoms with Gasteiger partial charge in [0.2, 0.25) is 0 Å². The van der Waals surface area contributed by atoms with Gasteiger partial charge in [-0.15, -0.1) is 0 Å². The lowest BCUT2D eigenvalue weighted by Gasteiger charge is -2.06. The van der Waals surface area contributed by atoms with Crippen molar-refractivity contribution in [2.45, 2.75) is 13.8 Å². The number of rotatable bonds is 6. The van der Waals surface area contributed by atoms with E-state index in [1.54, 1.807) is 0 Å². The largest absolute Gasteiger partial charge is 0.464 e. The summed E-state index contributed by atoms with van der Waals surface area (Å²) in [5.74, 6) is 0.0422. The molecule has 0 saturated heterocycles. The van der Waals surface area contributed by atoms with Crippen LogP contribution in [-0.2, 0) is 14.3 Å². The Balaban J connectivity index is 3.22. The van der Waals surface area contributed by atoms with Gasteiger partial charge in [0.05, 0.1) is 13.2 Å². The van der Waals surface area contributed by atoms with Gasteiger partial charge in [-0.3, -0.25) is 0 Å². The van der Waals surface area contributed by atoms with Gasteiger partial charge in [-0.05, 0) is 5.92 Å². The molecule has 0 fully saturated rings. The normalized spacial score (nSPS) is 10.3. The van der Waals surface area contributed by atoms with Crippen molar-refractivity contribution in [3.63, 3.8) is 0 Å². The number of carbonyl (C=O) groups is 1. The molecule has 0 aliphatic carbocycles. The zero-order valence-corrected chi connectivity index (χ0v) is 7.71. The Kier molecular flexibility index (Phi) is 6.70. The van der Waals surface area contributed by atoms with Crippen molar-refractivity contribution < 1.29 is 14.3 Å². The minimum atomic E-state index is -0.322. The van der Waals surface area contributed by atoms with Gasteiger partial charge in [-0.1, -0.05) is 13.8 Å². The van der Waals surface area contributed by atoms with Gasteiger partial charge >= 0.3 is 5.97 Å². The van der Waals surface area contributed by atoms with E-state index in [9.17, 15) is 4.79 Å². The molecule has 4 heteroatoms. The lowest BCUT2D eigenvalue weighted by molar-refractivity contribution is -0.149. The van der Waals surface area contributed by atoms with Crippen LogP contribution in [0.5, 0.6) is 0 Å². The molecule has 0 aliphatic heterocycles. The quantitative estimate of drug-likeness (QED) is 0.461. The van der Waals surface area contributed by atoms with Crippen LogP contribution in [0.3, 0.4) is 0 Å². The first-order chi connectivity index (χ1) is 5.66. The predicted molar refractivity (Wildman–Crippen MR) is 45.7 cm³/mol. The summed E-state index contributed by atoms with van der Waals surface area (Å²) in [5.41, 5.74) is 5.16. The highest BCUT2D eigenvalue weighted by atomic mass is 16.6. The van der Waals surface area contributed by atoms with Crippen LogP contribution in [0.1, 0.15) is 13.8 Å². The van der Waals surface area contributed by atoms with Crippen LogP contribution in [0, 0.1) is 5.92 Å². The van der Waals surface area contributed by atoms with Crippen molar-refractivity contribution in [1.29, 1.82) is 0 Å². The Morgan fingerprint density at radius 3 is 2.67 bits per heavy atom. The van der Waals surface area contributed by atoms with Gasteiger partial charge in [0.15, 0.2) is 0 Å². The second-order valence-electron chi connectivity index (χ2n) is 2.92. The van der Waals surface area contributed by atoms with E-state index in [1.807, 2.05) is 13.8 Å². The van der Waals surface area contributed by atoms with Crippen LogP contribution in [-0.4, -0.2) is 32.3 Å². The molecule has 0 amide bonds. The number of nitrogens with two attached hydrogens (primary N) is 1. The number of carbonyl (C=O) groups excluding carboxylic acids is 1. The highest BCUT2D eigenvalue weighted by molar-refractivity contribution is 5.70. The number of hydrogen-bond donors (Lipinski definition) is 1. The minimum absolute atomic E-state index is 0.00389. The van der Waals surface area contributed by atoms with E-state index in [1.165, 1.54) is 0 Å². The van der Waals surface area contributed by atoms with E-state index in [2.05, 4.69) is 0 Å². The second-order valence-corrected chi connectivity index (χ2v) is 2.92. The lowest BCUT2D eigenvalue weighted by Crippen LogP contribution is -2.18. The monoisotopic (exact) mass is 175 g/mol. The molecule has 72 valence electrons. The minimum Gasteiger partial charge on any atom is -0.464 e. The molecular weight excluding hydrogens is 158 g/mol. The lowest BCUT2D eigenvalue weighted by atomic mass is 10.2. The van der Waals surface area contributed by atoms with Crippen molar-refractivity contribution in [1.82, 2.24) is 0 Å². The van der Waals surface area contributed by atoms with Crippen LogP contribution in [0.25, 0.3) is 0 Å². The molecule has 0 heterocycles. The molecular formula is C8H17NO3. The fraction of sp³-hybridized carbons (Fsp3) is 0.875. The van der Waals surface area contributed by atoms with Crippen molar-refractivity contribution >= 4 is 5.97 Å². The van der Waals surface area contributed by atoms with Crippen molar-refractivity contribution in [3.05, 3.63) is 0 Å². The average Bonchev–Trinajstić information content (AvgIpc) is 2.01. The number of hydrogen-bond acceptors (Lipinski definition) is 4. The first-order valence-corrected chi connectivity index (χ1v) is 4.10. The fourth-order valence-electron chi connectivity index (χ4n) is 0.540.